The van der Waals surface area contributed by atoms with Gasteiger partial charge in [0, 0.05) is 5.02 Å². The first-order valence-corrected chi connectivity index (χ1v) is 12.7. The molecule has 36 heavy (non-hydrogen) atoms. The third kappa shape index (κ3) is 2.95. The molecule has 0 heterocycles. The average molecular weight is 479 g/mol. The van der Waals surface area contributed by atoms with E-state index in [0.29, 0.717) is 0 Å². The fourth-order valence-electron chi connectivity index (χ4n) is 6.21. The van der Waals surface area contributed by atoms with E-state index in [1.165, 1.54) is 49.7 Å². The lowest BCUT2D eigenvalue weighted by atomic mass is 9.66. The molecule has 0 aromatic heterocycles. The van der Waals surface area contributed by atoms with Crippen LogP contribution in [0.1, 0.15) is 22.3 Å². The summed E-state index contributed by atoms with van der Waals surface area (Å²) in [5.41, 5.74) is 9.65. The minimum Gasteiger partial charge on any atom is -0.0843 e. The highest BCUT2D eigenvalue weighted by molar-refractivity contribution is 6.30. The van der Waals surface area contributed by atoms with Crippen molar-refractivity contribution in [2.24, 2.45) is 0 Å². The van der Waals surface area contributed by atoms with Gasteiger partial charge in [0.15, 0.2) is 0 Å². The molecule has 6 aromatic rings. The first-order valence-electron chi connectivity index (χ1n) is 12.3. The number of rotatable bonds is 3. The molecule has 0 nitrogen and oxygen atoms in total. The van der Waals surface area contributed by atoms with Gasteiger partial charge in [-0.15, -0.1) is 0 Å². The maximum Gasteiger partial charge on any atom is 0.0719 e. The molecule has 0 radical (unpaired) electrons. The Morgan fingerprint density at radius 2 is 1.14 bits per heavy atom. The van der Waals surface area contributed by atoms with Crippen molar-refractivity contribution in [2.45, 2.75) is 5.41 Å². The summed E-state index contributed by atoms with van der Waals surface area (Å²) >= 11 is 6.49. The van der Waals surface area contributed by atoms with Gasteiger partial charge in [0.25, 0.3) is 0 Å². The highest BCUT2D eigenvalue weighted by Gasteiger charge is 2.47. The molecule has 0 amide bonds. The maximum atomic E-state index is 6.49. The maximum absolute atomic E-state index is 6.49. The molecule has 170 valence electrons. The normalized spacial score (nSPS) is 16.0. The summed E-state index contributed by atoms with van der Waals surface area (Å²) in [6.07, 6.45) is 0. The van der Waals surface area contributed by atoms with Crippen LogP contribution in [-0.4, -0.2) is 0 Å². The number of fused-ring (bicyclic) bond motifs is 5. The van der Waals surface area contributed by atoms with E-state index in [4.69, 9.17) is 11.6 Å². The van der Waals surface area contributed by atoms with E-state index in [9.17, 15) is 0 Å². The van der Waals surface area contributed by atoms with Gasteiger partial charge in [-0.2, -0.15) is 0 Å². The monoisotopic (exact) mass is 478 g/mol. The third-order valence-corrected chi connectivity index (χ3v) is 7.84. The molecule has 1 atom stereocenters. The van der Waals surface area contributed by atoms with E-state index in [0.717, 1.165) is 10.6 Å². The van der Waals surface area contributed by atoms with Crippen LogP contribution < -0.4 is 0 Å². The highest BCUT2D eigenvalue weighted by atomic mass is 35.5. The van der Waals surface area contributed by atoms with E-state index in [-0.39, 0.29) is 0 Å². The molecule has 1 aliphatic carbocycles. The minimum absolute atomic E-state index is 0.462. The molecule has 0 fully saturated rings. The SMILES string of the molecule is Clc1cccc(-c2ccccc2C2(c3ccccc3)c3ccccc3-c3c2ccc2ccccc32)c1. The first kappa shape index (κ1) is 21.2. The van der Waals surface area contributed by atoms with Crippen molar-refractivity contribution < 1.29 is 0 Å². The molecule has 0 bridgehead atoms. The molecule has 0 aliphatic heterocycles. The van der Waals surface area contributed by atoms with Crippen molar-refractivity contribution >= 4 is 22.4 Å². The Hall–Kier alpha value is -4.13. The second-order valence-corrected chi connectivity index (χ2v) is 9.86. The Bertz CT molecular complexity index is 1750. The fraction of sp³-hybridized carbons (Fsp3) is 0.0286. The van der Waals surface area contributed by atoms with Crippen molar-refractivity contribution in [3.8, 4) is 22.3 Å². The summed E-state index contributed by atoms with van der Waals surface area (Å²) in [6.45, 7) is 0. The zero-order valence-corrected chi connectivity index (χ0v) is 20.4. The lowest BCUT2D eigenvalue weighted by molar-refractivity contribution is 0.771. The number of hydrogen-bond acceptors (Lipinski definition) is 0. The summed E-state index contributed by atoms with van der Waals surface area (Å²) in [6, 6.07) is 50.3. The lowest BCUT2D eigenvalue weighted by Gasteiger charge is -2.35. The molecule has 0 saturated carbocycles. The highest BCUT2D eigenvalue weighted by Crippen LogP contribution is 2.59. The van der Waals surface area contributed by atoms with Gasteiger partial charge in [0.2, 0.25) is 0 Å². The number of halogens is 1. The molecule has 1 aliphatic rings. The molecular weight excluding hydrogens is 456 g/mol. The van der Waals surface area contributed by atoms with Crippen molar-refractivity contribution in [3.63, 3.8) is 0 Å². The van der Waals surface area contributed by atoms with E-state index < -0.39 is 5.41 Å². The van der Waals surface area contributed by atoms with Crippen molar-refractivity contribution in [1.29, 1.82) is 0 Å². The van der Waals surface area contributed by atoms with E-state index in [2.05, 4.69) is 127 Å². The van der Waals surface area contributed by atoms with E-state index in [1.54, 1.807) is 0 Å². The second-order valence-electron chi connectivity index (χ2n) is 9.43. The van der Waals surface area contributed by atoms with Crippen LogP contribution in [0.25, 0.3) is 33.0 Å². The Balaban J connectivity index is 1.68. The topological polar surface area (TPSA) is 0 Å². The number of benzene rings is 6. The Kier molecular flexibility index (Phi) is 4.84. The van der Waals surface area contributed by atoms with Crippen LogP contribution in [0, 0.1) is 0 Å². The molecule has 1 unspecified atom stereocenters. The molecule has 0 N–H and O–H groups in total. The van der Waals surface area contributed by atoms with Crippen LogP contribution in [0.3, 0.4) is 0 Å². The summed E-state index contributed by atoms with van der Waals surface area (Å²) < 4.78 is 0. The van der Waals surface area contributed by atoms with Crippen LogP contribution in [0.5, 0.6) is 0 Å². The quantitative estimate of drug-likeness (QED) is 0.237. The average Bonchev–Trinajstić information content (AvgIpc) is 3.25. The van der Waals surface area contributed by atoms with Crippen LogP contribution in [0.2, 0.25) is 5.02 Å². The van der Waals surface area contributed by atoms with Crippen LogP contribution in [-0.2, 0) is 5.41 Å². The van der Waals surface area contributed by atoms with Crippen molar-refractivity contribution in [3.05, 3.63) is 167 Å². The summed E-state index contributed by atoms with van der Waals surface area (Å²) in [7, 11) is 0. The van der Waals surface area contributed by atoms with Gasteiger partial charge in [-0.1, -0.05) is 139 Å². The zero-order chi connectivity index (χ0) is 24.1. The molecule has 6 aromatic carbocycles. The minimum atomic E-state index is -0.462. The van der Waals surface area contributed by atoms with Gasteiger partial charge in [-0.05, 0) is 67.4 Å². The molecular formula is C35H23Cl. The molecule has 1 heteroatoms. The Morgan fingerprint density at radius 1 is 0.472 bits per heavy atom. The summed E-state index contributed by atoms with van der Waals surface area (Å²) in [4.78, 5) is 0. The second kappa shape index (κ2) is 8.22. The predicted molar refractivity (Wildman–Crippen MR) is 152 cm³/mol. The first-order chi connectivity index (χ1) is 17.8. The fourth-order valence-corrected chi connectivity index (χ4v) is 6.40. The Labute approximate surface area is 216 Å². The summed E-state index contributed by atoms with van der Waals surface area (Å²) in [5.74, 6) is 0. The smallest absolute Gasteiger partial charge is 0.0719 e. The van der Waals surface area contributed by atoms with E-state index >= 15 is 0 Å². The van der Waals surface area contributed by atoms with Crippen LogP contribution in [0.4, 0.5) is 0 Å². The Morgan fingerprint density at radius 3 is 1.94 bits per heavy atom. The zero-order valence-electron chi connectivity index (χ0n) is 19.7. The van der Waals surface area contributed by atoms with E-state index in [1.807, 2.05) is 12.1 Å². The number of hydrogen-bond donors (Lipinski definition) is 0. The van der Waals surface area contributed by atoms with Gasteiger partial charge in [0.05, 0.1) is 5.41 Å². The van der Waals surface area contributed by atoms with Gasteiger partial charge in [-0.25, -0.2) is 0 Å². The standard InChI is InChI=1S/C35H23Cl/c36-27-15-10-12-25(23-27)28-16-6-8-19-31(28)35(26-13-2-1-3-14-26)32-20-9-7-18-30(32)34-29-17-5-4-11-24(29)21-22-33(34)35/h1-23H. The van der Waals surface area contributed by atoms with Gasteiger partial charge < -0.3 is 0 Å². The van der Waals surface area contributed by atoms with Gasteiger partial charge >= 0.3 is 0 Å². The molecule has 7 rings (SSSR count). The predicted octanol–water partition coefficient (Wildman–Crippen LogP) is 9.52. The van der Waals surface area contributed by atoms with Crippen LogP contribution in [0.15, 0.2) is 140 Å². The lowest BCUT2D eigenvalue weighted by Crippen LogP contribution is -2.29. The van der Waals surface area contributed by atoms with Crippen molar-refractivity contribution in [1.82, 2.24) is 0 Å². The molecule has 0 saturated heterocycles. The van der Waals surface area contributed by atoms with Gasteiger partial charge in [0.1, 0.15) is 0 Å². The molecule has 0 spiro atoms. The summed E-state index contributed by atoms with van der Waals surface area (Å²) in [5, 5.41) is 3.30. The van der Waals surface area contributed by atoms with Crippen molar-refractivity contribution in [2.75, 3.05) is 0 Å². The van der Waals surface area contributed by atoms with Gasteiger partial charge in [-0.3, -0.25) is 0 Å². The van der Waals surface area contributed by atoms with Crippen LogP contribution >= 0.6 is 11.6 Å². The largest absolute Gasteiger partial charge is 0.0843 e. The third-order valence-electron chi connectivity index (χ3n) is 7.61.